The molecule has 26 heavy (non-hydrogen) atoms. The van der Waals surface area contributed by atoms with Gasteiger partial charge in [-0.3, -0.25) is 5.32 Å². The van der Waals surface area contributed by atoms with Gasteiger partial charge in [0, 0.05) is 16.7 Å². The number of pyridine rings is 1. The van der Waals surface area contributed by atoms with Crippen LogP contribution in [0.2, 0.25) is 0 Å². The van der Waals surface area contributed by atoms with Crippen LogP contribution in [0.1, 0.15) is 11.3 Å². The molecular formula is C19H22BrN3O3. The van der Waals surface area contributed by atoms with Gasteiger partial charge in [0.25, 0.3) is 0 Å². The number of hydrogen-bond donors (Lipinski definition) is 1. The third-order valence-electron chi connectivity index (χ3n) is 3.99. The van der Waals surface area contributed by atoms with E-state index >= 15 is 0 Å². The number of carbonyl (C=O) groups is 1. The van der Waals surface area contributed by atoms with Crippen molar-refractivity contribution >= 4 is 27.8 Å². The number of urea groups is 1. The molecule has 2 aromatic rings. The zero-order chi connectivity index (χ0) is 18.5. The molecule has 138 valence electrons. The Labute approximate surface area is 161 Å². The summed E-state index contributed by atoms with van der Waals surface area (Å²) in [4.78, 5) is 18.6. The van der Waals surface area contributed by atoms with Gasteiger partial charge in [0.1, 0.15) is 24.3 Å². The van der Waals surface area contributed by atoms with Crippen LogP contribution in [0.5, 0.6) is 5.75 Å². The summed E-state index contributed by atoms with van der Waals surface area (Å²) >= 11 is 3.42. The number of nitrogens with zero attached hydrogens (tertiary/aromatic N) is 2. The zero-order valence-electron chi connectivity index (χ0n) is 14.9. The summed E-state index contributed by atoms with van der Waals surface area (Å²) in [7, 11) is 0. The minimum Gasteiger partial charge on any atom is -0.491 e. The first-order valence-corrected chi connectivity index (χ1v) is 9.30. The maximum absolute atomic E-state index is 12.5. The molecule has 1 aliphatic heterocycles. The SMILES string of the molecule is Cc1cc(C)nc(NC(=O)N2CCOC(COc3cccc(Br)c3)C2)c1. The van der Waals surface area contributed by atoms with Crippen LogP contribution in [0.3, 0.4) is 0 Å². The third kappa shape index (κ3) is 5.19. The summed E-state index contributed by atoms with van der Waals surface area (Å²) in [5, 5.41) is 2.87. The van der Waals surface area contributed by atoms with Gasteiger partial charge < -0.3 is 14.4 Å². The van der Waals surface area contributed by atoms with Gasteiger partial charge in [-0.2, -0.15) is 0 Å². The number of rotatable bonds is 4. The van der Waals surface area contributed by atoms with Crippen molar-refractivity contribution in [2.45, 2.75) is 20.0 Å². The molecule has 7 heteroatoms. The van der Waals surface area contributed by atoms with Gasteiger partial charge in [-0.15, -0.1) is 0 Å². The number of aryl methyl sites for hydroxylation is 2. The van der Waals surface area contributed by atoms with Gasteiger partial charge in [-0.25, -0.2) is 9.78 Å². The van der Waals surface area contributed by atoms with Crippen LogP contribution in [0.15, 0.2) is 40.9 Å². The second-order valence-electron chi connectivity index (χ2n) is 6.31. The third-order valence-corrected chi connectivity index (χ3v) is 4.48. The van der Waals surface area contributed by atoms with E-state index in [0.29, 0.717) is 32.1 Å². The number of carbonyl (C=O) groups excluding carboxylic acids is 1. The maximum atomic E-state index is 12.5. The molecule has 1 unspecified atom stereocenters. The zero-order valence-corrected chi connectivity index (χ0v) is 16.5. The lowest BCUT2D eigenvalue weighted by molar-refractivity contribution is -0.0337. The van der Waals surface area contributed by atoms with E-state index in [0.717, 1.165) is 21.5 Å². The van der Waals surface area contributed by atoms with Crippen molar-refractivity contribution < 1.29 is 14.3 Å². The molecular weight excluding hydrogens is 398 g/mol. The number of aromatic nitrogens is 1. The van der Waals surface area contributed by atoms with Crippen molar-refractivity contribution in [1.29, 1.82) is 0 Å². The van der Waals surface area contributed by atoms with Crippen LogP contribution in [-0.2, 0) is 4.74 Å². The second kappa shape index (κ2) is 8.51. The molecule has 1 fully saturated rings. The van der Waals surface area contributed by atoms with Crippen LogP contribution >= 0.6 is 15.9 Å². The molecule has 1 aliphatic rings. The lowest BCUT2D eigenvalue weighted by atomic mass is 10.2. The molecule has 0 bridgehead atoms. The molecule has 1 N–H and O–H groups in total. The Morgan fingerprint density at radius 3 is 3.00 bits per heavy atom. The standard InChI is InChI=1S/C19H22BrN3O3/c1-13-8-14(2)21-18(9-13)22-19(24)23-6-7-25-17(11-23)12-26-16-5-3-4-15(20)10-16/h3-5,8-10,17H,6-7,11-12H2,1-2H3,(H,21,22,24). The first-order valence-electron chi connectivity index (χ1n) is 8.51. The summed E-state index contributed by atoms with van der Waals surface area (Å²) in [5.41, 5.74) is 1.94. The molecule has 0 spiro atoms. The van der Waals surface area contributed by atoms with E-state index in [-0.39, 0.29) is 12.1 Å². The average molecular weight is 420 g/mol. The van der Waals surface area contributed by atoms with E-state index in [1.807, 2.05) is 50.2 Å². The highest BCUT2D eigenvalue weighted by atomic mass is 79.9. The number of nitrogens with one attached hydrogen (secondary N) is 1. The first-order chi connectivity index (χ1) is 12.5. The quantitative estimate of drug-likeness (QED) is 0.818. The van der Waals surface area contributed by atoms with Gasteiger partial charge in [-0.05, 0) is 49.7 Å². The maximum Gasteiger partial charge on any atom is 0.323 e. The fourth-order valence-corrected chi connectivity index (χ4v) is 3.22. The van der Waals surface area contributed by atoms with Gasteiger partial charge in [0.2, 0.25) is 0 Å². The second-order valence-corrected chi connectivity index (χ2v) is 7.22. The minimum absolute atomic E-state index is 0.166. The fourth-order valence-electron chi connectivity index (χ4n) is 2.84. The Bertz CT molecular complexity index is 764. The van der Waals surface area contributed by atoms with Crippen molar-refractivity contribution in [2.24, 2.45) is 0 Å². The van der Waals surface area contributed by atoms with E-state index in [1.165, 1.54) is 0 Å². The van der Waals surface area contributed by atoms with Crippen LogP contribution in [0.25, 0.3) is 0 Å². The predicted octanol–water partition coefficient (Wildman–Crippen LogP) is 3.77. The summed E-state index contributed by atoms with van der Waals surface area (Å²) in [5.74, 6) is 1.34. The summed E-state index contributed by atoms with van der Waals surface area (Å²) in [6, 6.07) is 11.3. The van der Waals surface area contributed by atoms with Crippen LogP contribution in [0, 0.1) is 13.8 Å². The van der Waals surface area contributed by atoms with Crippen molar-refractivity contribution in [3.8, 4) is 5.75 Å². The van der Waals surface area contributed by atoms with Crippen molar-refractivity contribution in [2.75, 3.05) is 31.6 Å². The number of hydrogen-bond acceptors (Lipinski definition) is 4. The van der Waals surface area contributed by atoms with E-state index in [9.17, 15) is 4.79 Å². The Kier molecular flexibility index (Phi) is 6.11. The number of ether oxygens (including phenoxy) is 2. The summed E-state index contributed by atoms with van der Waals surface area (Å²) < 4.78 is 12.5. The average Bonchev–Trinajstić information content (AvgIpc) is 2.59. The van der Waals surface area contributed by atoms with Crippen LogP contribution in [-0.4, -0.2) is 48.3 Å². The highest BCUT2D eigenvalue weighted by Gasteiger charge is 2.25. The normalized spacial score (nSPS) is 17.0. The molecule has 0 radical (unpaired) electrons. The number of benzene rings is 1. The number of anilines is 1. The van der Waals surface area contributed by atoms with Gasteiger partial charge >= 0.3 is 6.03 Å². The predicted molar refractivity (Wildman–Crippen MR) is 104 cm³/mol. The molecule has 0 saturated carbocycles. The highest BCUT2D eigenvalue weighted by molar-refractivity contribution is 9.10. The minimum atomic E-state index is -0.168. The topological polar surface area (TPSA) is 63.7 Å². The summed E-state index contributed by atoms with van der Waals surface area (Å²) in [6.45, 7) is 5.79. The Balaban J connectivity index is 1.54. The lowest BCUT2D eigenvalue weighted by Crippen LogP contribution is -2.49. The molecule has 1 saturated heterocycles. The fraction of sp³-hybridized carbons (Fsp3) is 0.368. The van der Waals surface area contributed by atoms with E-state index < -0.39 is 0 Å². The lowest BCUT2D eigenvalue weighted by Gasteiger charge is -2.32. The molecule has 1 aromatic carbocycles. The monoisotopic (exact) mass is 419 g/mol. The van der Waals surface area contributed by atoms with Crippen molar-refractivity contribution in [3.05, 3.63) is 52.1 Å². The van der Waals surface area contributed by atoms with Crippen molar-refractivity contribution in [3.63, 3.8) is 0 Å². The Morgan fingerprint density at radius 2 is 2.23 bits per heavy atom. The van der Waals surface area contributed by atoms with Crippen LogP contribution in [0.4, 0.5) is 10.6 Å². The summed E-state index contributed by atoms with van der Waals surface area (Å²) in [6.07, 6.45) is -0.166. The molecule has 3 rings (SSSR count). The van der Waals surface area contributed by atoms with Gasteiger partial charge in [0.05, 0.1) is 13.2 Å². The number of amides is 2. The van der Waals surface area contributed by atoms with Crippen LogP contribution < -0.4 is 10.1 Å². The molecule has 2 amide bonds. The van der Waals surface area contributed by atoms with E-state index in [1.54, 1.807) is 4.90 Å². The Morgan fingerprint density at radius 1 is 1.38 bits per heavy atom. The largest absolute Gasteiger partial charge is 0.491 e. The van der Waals surface area contributed by atoms with Gasteiger partial charge in [0.15, 0.2) is 0 Å². The molecule has 1 atom stereocenters. The van der Waals surface area contributed by atoms with E-state index in [2.05, 4.69) is 26.2 Å². The van der Waals surface area contributed by atoms with Gasteiger partial charge in [-0.1, -0.05) is 22.0 Å². The first kappa shape index (κ1) is 18.7. The van der Waals surface area contributed by atoms with Crippen molar-refractivity contribution in [1.82, 2.24) is 9.88 Å². The molecule has 0 aliphatic carbocycles. The molecule has 2 heterocycles. The molecule has 1 aromatic heterocycles. The number of morpholine rings is 1. The Hall–Kier alpha value is -2.12. The van der Waals surface area contributed by atoms with E-state index in [4.69, 9.17) is 9.47 Å². The number of halogens is 1. The highest BCUT2D eigenvalue weighted by Crippen LogP contribution is 2.19. The smallest absolute Gasteiger partial charge is 0.323 e. The molecule has 6 nitrogen and oxygen atoms in total.